The molecule has 0 aliphatic carbocycles. The minimum Gasteiger partial charge on any atom is -0.369 e. The number of H-pyrrole nitrogens is 1. The van der Waals surface area contributed by atoms with Crippen molar-refractivity contribution in [3.05, 3.63) is 105 Å². The molecule has 0 radical (unpaired) electrons. The van der Waals surface area contributed by atoms with Crippen LogP contribution in [0.4, 0.5) is 23.2 Å². The van der Waals surface area contributed by atoms with Gasteiger partial charge in [-0.3, -0.25) is 14.5 Å². The number of hydrogen-bond acceptors (Lipinski definition) is 5. The van der Waals surface area contributed by atoms with Crippen molar-refractivity contribution < 1.29 is 22.4 Å². The first-order valence-corrected chi connectivity index (χ1v) is 12.8. The predicted molar refractivity (Wildman–Crippen MR) is 144 cm³/mol. The normalized spacial score (nSPS) is 14.4. The molecular weight excluding hydrogens is 526 g/mol. The molecule has 3 heterocycles. The number of carbonyl (C=O) groups excluding carboxylic acids is 1. The smallest absolute Gasteiger partial charge is 0.369 e. The maximum absolute atomic E-state index is 13.1. The third-order valence-corrected chi connectivity index (χ3v) is 6.86. The highest BCUT2D eigenvalue weighted by Gasteiger charge is 2.28. The number of alkyl halides is 3. The van der Waals surface area contributed by atoms with E-state index >= 15 is 0 Å². The Bertz CT molecular complexity index is 1540. The monoisotopic (exact) mass is 553 g/mol. The lowest BCUT2D eigenvalue weighted by molar-refractivity contribution is -0.127. The number of nitrogens with zero attached hydrogens (tertiary/aromatic N) is 3. The number of amides is 1. The highest BCUT2D eigenvalue weighted by atomic mass is 19.4. The van der Waals surface area contributed by atoms with Crippen LogP contribution in [0.5, 0.6) is 0 Å². The quantitative estimate of drug-likeness (QED) is 0.332. The van der Waals surface area contributed by atoms with E-state index < -0.39 is 23.9 Å². The van der Waals surface area contributed by atoms with E-state index in [1.807, 2.05) is 24.3 Å². The molecule has 1 aliphatic heterocycles. The number of rotatable bonds is 7. The summed E-state index contributed by atoms with van der Waals surface area (Å²) in [6.07, 6.45) is -4.48. The lowest BCUT2D eigenvalue weighted by Gasteiger charge is -2.36. The molecular formula is C29H27F4N5O2. The molecule has 1 amide bonds. The summed E-state index contributed by atoms with van der Waals surface area (Å²) >= 11 is 0. The molecule has 1 aliphatic rings. The van der Waals surface area contributed by atoms with Crippen molar-refractivity contribution in [1.82, 2.24) is 20.2 Å². The molecule has 11 heteroatoms. The number of benzene rings is 2. The van der Waals surface area contributed by atoms with Gasteiger partial charge in [0.1, 0.15) is 16.9 Å². The van der Waals surface area contributed by atoms with Crippen LogP contribution < -0.4 is 15.6 Å². The first kappa shape index (κ1) is 27.3. The number of aromatic nitrogens is 2. The number of aromatic amines is 1. The van der Waals surface area contributed by atoms with Gasteiger partial charge >= 0.3 is 6.18 Å². The minimum absolute atomic E-state index is 0.170. The maximum Gasteiger partial charge on any atom is 0.394 e. The highest BCUT2D eigenvalue weighted by molar-refractivity contribution is 5.96. The van der Waals surface area contributed by atoms with Gasteiger partial charge in [0, 0.05) is 51.2 Å². The molecule has 4 aromatic rings. The van der Waals surface area contributed by atoms with E-state index in [9.17, 15) is 27.2 Å². The standard InChI is InChI=1S/C29H27F4N5O2/c30-21-5-1-20(2-6-21)18-37-11-13-38(14-12-37)23-8-3-19(4-9-23)16-35-28(40)24-17-34-25-10-7-22(15-29(31,32)33)36-26(25)27(24)39/h1-10,17H,11-16,18H2,(H,34,39)(H,35,40). The molecule has 0 bridgehead atoms. The zero-order chi connectivity index (χ0) is 28.3. The fourth-order valence-electron chi connectivity index (χ4n) is 4.72. The summed E-state index contributed by atoms with van der Waals surface area (Å²) in [5.74, 6) is -0.884. The largest absolute Gasteiger partial charge is 0.394 e. The second-order valence-corrected chi connectivity index (χ2v) is 9.76. The summed E-state index contributed by atoms with van der Waals surface area (Å²) < 4.78 is 51.3. The number of carbonyl (C=O) groups is 1. The molecule has 208 valence electrons. The molecule has 5 rings (SSSR count). The number of anilines is 1. The van der Waals surface area contributed by atoms with Gasteiger partial charge in [0.15, 0.2) is 0 Å². The Balaban J connectivity index is 1.16. The number of pyridine rings is 2. The number of halogens is 4. The van der Waals surface area contributed by atoms with Gasteiger partial charge in [-0.05, 0) is 47.5 Å². The molecule has 40 heavy (non-hydrogen) atoms. The van der Waals surface area contributed by atoms with Crippen molar-refractivity contribution in [3.63, 3.8) is 0 Å². The summed E-state index contributed by atoms with van der Waals surface area (Å²) in [4.78, 5) is 36.7. The third-order valence-electron chi connectivity index (χ3n) is 6.86. The van der Waals surface area contributed by atoms with E-state index in [0.29, 0.717) is 0 Å². The lowest BCUT2D eigenvalue weighted by atomic mass is 10.1. The summed E-state index contributed by atoms with van der Waals surface area (Å²) in [5.41, 5.74) is 1.75. The van der Waals surface area contributed by atoms with Crippen LogP contribution in [-0.2, 0) is 19.5 Å². The molecule has 2 aromatic heterocycles. The average molecular weight is 554 g/mol. The Hall–Kier alpha value is -4.25. The Morgan fingerprint density at radius 3 is 2.27 bits per heavy atom. The Kier molecular flexibility index (Phi) is 7.83. The van der Waals surface area contributed by atoms with Crippen molar-refractivity contribution in [3.8, 4) is 0 Å². The number of piperazine rings is 1. The van der Waals surface area contributed by atoms with Gasteiger partial charge in [-0.25, -0.2) is 9.37 Å². The molecule has 0 unspecified atom stereocenters. The minimum atomic E-state index is -4.46. The van der Waals surface area contributed by atoms with Crippen molar-refractivity contribution in [2.24, 2.45) is 0 Å². The Morgan fingerprint density at radius 2 is 1.60 bits per heavy atom. The number of hydrogen-bond donors (Lipinski definition) is 2. The van der Waals surface area contributed by atoms with E-state index in [-0.39, 0.29) is 34.7 Å². The first-order chi connectivity index (χ1) is 19.1. The third kappa shape index (κ3) is 6.66. The molecule has 2 aromatic carbocycles. The van der Waals surface area contributed by atoms with Gasteiger partial charge < -0.3 is 15.2 Å². The zero-order valence-electron chi connectivity index (χ0n) is 21.5. The fraction of sp³-hybridized carbons (Fsp3) is 0.276. The van der Waals surface area contributed by atoms with Gasteiger partial charge in [0.05, 0.1) is 17.6 Å². The van der Waals surface area contributed by atoms with Crippen LogP contribution in [0.2, 0.25) is 0 Å². The van der Waals surface area contributed by atoms with Crippen molar-refractivity contribution >= 4 is 22.6 Å². The number of fused-ring (bicyclic) bond motifs is 1. The predicted octanol–water partition coefficient (Wildman–Crippen LogP) is 4.42. The fourth-order valence-corrected chi connectivity index (χ4v) is 4.72. The average Bonchev–Trinajstić information content (AvgIpc) is 2.93. The van der Waals surface area contributed by atoms with Gasteiger partial charge in [-0.15, -0.1) is 0 Å². The van der Waals surface area contributed by atoms with E-state index in [4.69, 9.17) is 0 Å². The van der Waals surface area contributed by atoms with E-state index in [2.05, 4.69) is 25.1 Å². The van der Waals surface area contributed by atoms with Crippen LogP contribution >= 0.6 is 0 Å². The van der Waals surface area contributed by atoms with Gasteiger partial charge in [0.25, 0.3) is 5.91 Å². The second kappa shape index (κ2) is 11.5. The Morgan fingerprint density at radius 1 is 0.925 bits per heavy atom. The van der Waals surface area contributed by atoms with Crippen molar-refractivity contribution in [2.45, 2.75) is 25.7 Å². The first-order valence-electron chi connectivity index (χ1n) is 12.8. The molecule has 2 N–H and O–H groups in total. The van der Waals surface area contributed by atoms with Crippen LogP contribution in [0.1, 0.15) is 27.2 Å². The molecule has 0 atom stereocenters. The highest BCUT2D eigenvalue weighted by Crippen LogP contribution is 2.21. The van der Waals surface area contributed by atoms with Crippen molar-refractivity contribution in [2.75, 3.05) is 31.1 Å². The Labute approximate surface area is 227 Å². The van der Waals surface area contributed by atoms with Crippen LogP contribution in [0, 0.1) is 5.82 Å². The molecule has 7 nitrogen and oxygen atoms in total. The summed E-state index contributed by atoms with van der Waals surface area (Å²) in [6, 6.07) is 16.9. The van der Waals surface area contributed by atoms with E-state index in [1.54, 1.807) is 12.1 Å². The number of nitrogens with one attached hydrogen (secondary N) is 2. The lowest BCUT2D eigenvalue weighted by Crippen LogP contribution is -2.45. The van der Waals surface area contributed by atoms with Crippen LogP contribution in [0.25, 0.3) is 11.0 Å². The van der Waals surface area contributed by atoms with Gasteiger partial charge in [-0.1, -0.05) is 24.3 Å². The van der Waals surface area contributed by atoms with Crippen molar-refractivity contribution in [1.29, 1.82) is 0 Å². The molecule has 1 fully saturated rings. The van der Waals surface area contributed by atoms with Gasteiger partial charge in [-0.2, -0.15) is 13.2 Å². The van der Waals surface area contributed by atoms with E-state index in [1.165, 1.54) is 30.5 Å². The second-order valence-electron chi connectivity index (χ2n) is 9.76. The molecule has 1 saturated heterocycles. The summed E-state index contributed by atoms with van der Waals surface area (Å²) in [6.45, 7) is 4.40. The molecule has 0 saturated carbocycles. The summed E-state index contributed by atoms with van der Waals surface area (Å²) in [5, 5.41) is 2.69. The maximum atomic E-state index is 13.1. The zero-order valence-corrected chi connectivity index (χ0v) is 21.5. The molecule has 0 spiro atoms. The topological polar surface area (TPSA) is 81.3 Å². The van der Waals surface area contributed by atoms with E-state index in [0.717, 1.165) is 49.5 Å². The van der Waals surface area contributed by atoms with Gasteiger partial charge in [0.2, 0.25) is 5.43 Å². The van der Waals surface area contributed by atoms with Crippen LogP contribution in [0.3, 0.4) is 0 Å². The summed E-state index contributed by atoms with van der Waals surface area (Å²) in [7, 11) is 0. The van der Waals surface area contributed by atoms with Crippen LogP contribution in [-0.4, -0.2) is 53.1 Å². The SMILES string of the molecule is O=C(NCc1ccc(N2CCN(Cc3ccc(F)cc3)CC2)cc1)c1c[nH]c2ccc(CC(F)(F)F)nc2c1=O. The van der Waals surface area contributed by atoms with Crippen LogP contribution in [0.15, 0.2) is 71.7 Å².